The first-order chi connectivity index (χ1) is 7.29. The molecule has 15 heavy (non-hydrogen) atoms. The van der Waals surface area contributed by atoms with E-state index in [4.69, 9.17) is 15.7 Å². The van der Waals surface area contributed by atoms with Crippen LogP contribution >= 0.6 is 0 Å². The van der Waals surface area contributed by atoms with Crippen LogP contribution in [-0.2, 0) is 0 Å². The molecule has 0 aliphatic heterocycles. The van der Waals surface area contributed by atoms with Gasteiger partial charge in [-0.3, -0.25) is 0 Å². The van der Waals surface area contributed by atoms with E-state index in [9.17, 15) is 0 Å². The molecule has 0 spiro atoms. The highest BCUT2D eigenvalue weighted by Crippen LogP contribution is 2.23. The molecule has 4 nitrogen and oxygen atoms in total. The summed E-state index contributed by atoms with van der Waals surface area (Å²) in [7, 11) is 0. The second kappa shape index (κ2) is 4.18. The van der Waals surface area contributed by atoms with Crippen molar-refractivity contribution >= 4 is 5.69 Å². The van der Waals surface area contributed by atoms with Crippen molar-refractivity contribution in [1.82, 2.24) is 4.98 Å². The molecule has 4 heteroatoms. The SMILES string of the molecule is N#Cc1nc(OC2CCCC2)ccc1N. The van der Waals surface area contributed by atoms with E-state index in [1.807, 2.05) is 6.07 Å². The lowest BCUT2D eigenvalue weighted by Crippen LogP contribution is -2.12. The van der Waals surface area contributed by atoms with Crippen molar-refractivity contribution in [2.24, 2.45) is 0 Å². The van der Waals surface area contributed by atoms with Gasteiger partial charge in [0.05, 0.1) is 5.69 Å². The maximum Gasteiger partial charge on any atom is 0.214 e. The fraction of sp³-hybridized carbons (Fsp3) is 0.455. The molecule has 1 heterocycles. The zero-order valence-electron chi connectivity index (χ0n) is 8.44. The lowest BCUT2D eigenvalue weighted by molar-refractivity contribution is 0.201. The van der Waals surface area contributed by atoms with Crippen molar-refractivity contribution in [3.8, 4) is 11.9 Å². The molecule has 1 fully saturated rings. The van der Waals surface area contributed by atoms with Gasteiger partial charge in [0.15, 0.2) is 5.69 Å². The number of rotatable bonds is 2. The Morgan fingerprint density at radius 3 is 2.80 bits per heavy atom. The van der Waals surface area contributed by atoms with Crippen LogP contribution in [0.4, 0.5) is 5.69 Å². The molecule has 0 unspecified atom stereocenters. The van der Waals surface area contributed by atoms with Gasteiger partial charge in [-0.25, -0.2) is 4.98 Å². The summed E-state index contributed by atoms with van der Waals surface area (Å²) in [5, 5.41) is 8.76. The Kier molecular flexibility index (Phi) is 2.72. The van der Waals surface area contributed by atoms with Gasteiger partial charge in [0.1, 0.15) is 12.2 Å². The highest BCUT2D eigenvalue weighted by atomic mass is 16.5. The third-order valence-corrected chi connectivity index (χ3v) is 2.60. The van der Waals surface area contributed by atoms with Crippen LogP contribution in [0.2, 0.25) is 0 Å². The molecular weight excluding hydrogens is 190 g/mol. The Labute approximate surface area is 88.7 Å². The smallest absolute Gasteiger partial charge is 0.214 e. The summed E-state index contributed by atoms with van der Waals surface area (Å²) in [6.45, 7) is 0. The number of hydrogen-bond acceptors (Lipinski definition) is 4. The maximum absolute atomic E-state index is 8.76. The first-order valence-electron chi connectivity index (χ1n) is 5.13. The first kappa shape index (κ1) is 9.78. The summed E-state index contributed by atoms with van der Waals surface area (Å²) in [6, 6.07) is 5.32. The van der Waals surface area contributed by atoms with E-state index in [-0.39, 0.29) is 11.8 Å². The minimum Gasteiger partial charge on any atom is -0.474 e. The summed E-state index contributed by atoms with van der Waals surface area (Å²) in [5.41, 5.74) is 6.21. The Balaban J connectivity index is 2.11. The molecule has 1 saturated carbocycles. The van der Waals surface area contributed by atoms with E-state index in [1.165, 1.54) is 12.8 Å². The van der Waals surface area contributed by atoms with E-state index in [1.54, 1.807) is 12.1 Å². The van der Waals surface area contributed by atoms with Gasteiger partial charge in [-0.1, -0.05) is 0 Å². The van der Waals surface area contributed by atoms with Crippen molar-refractivity contribution in [2.75, 3.05) is 5.73 Å². The third-order valence-electron chi connectivity index (χ3n) is 2.60. The number of nitrogens with zero attached hydrogens (tertiary/aromatic N) is 2. The van der Waals surface area contributed by atoms with Crippen molar-refractivity contribution < 1.29 is 4.74 Å². The number of pyridine rings is 1. The highest BCUT2D eigenvalue weighted by molar-refractivity contribution is 5.50. The number of ether oxygens (including phenoxy) is 1. The average molecular weight is 203 g/mol. The number of aromatic nitrogens is 1. The summed E-state index contributed by atoms with van der Waals surface area (Å²) in [4.78, 5) is 4.05. The molecule has 1 aliphatic rings. The second-order valence-corrected chi connectivity index (χ2v) is 3.72. The highest BCUT2D eigenvalue weighted by Gasteiger charge is 2.17. The van der Waals surface area contributed by atoms with E-state index >= 15 is 0 Å². The largest absolute Gasteiger partial charge is 0.474 e. The van der Waals surface area contributed by atoms with Gasteiger partial charge in [-0.15, -0.1) is 0 Å². The monoisotopic (exact) mass is 203 g/mol. The Morgan fingerprint density at radius 1 is 1.40 bits per heavy atom. The minimum absolute atomic E-state index is 0.241. The van der Waals surface area contributed by atoms with Gasteiger partial charge in [-0.05, 0) is 31.7 Å². The van der Waals surface area contributed by atoms with E-state index in [0.29, 0.717) is 11.6 Å². The minimum atomic E-state index is 0.241. The van der Waals surface area contributed by atoms with E-state index in [2.05, 4.69) is 4.98 Å². The topological polar surface area (TPSA) is 71.9 Å². The molecule has 0 bridgehead atoms. The summed E-state index contributed by atoms with van der Waals surface area (Å²) in [5.74, 6) is 0.507. The van der Waals surface area contributed by atoms with Crippen molar-refractivity contribution in [3.63, 3.8) is 0 Å². The predicted octanol–water partition coefficient (Wildman–Crippen LogP) is 1.86. The summed E-state index contributed by atoms with van der Waals surface area (Å²) >= 11 is 0. The number of nitrogens with two attached hydrogens (primary N) is 1. The van der Waals surface area contributed by atoms with Crippen molar-refractivity contribution in [1.29, 1.82) is 5.26 Å². The Bertz CT molecular complexity index is 391. The van der Waals surface area contributed by atoms with Crippen LogP contribution in [-0.4, -0.2) is 11.1 Å². The molecule has 2 rings (SSSR count). The molecule has 0 aromatic carbocycles. The second-order valence-electron chi connectivity index (χ2n) is 3.72. The van der Waals surface area contributed by atoms with Crippen LogP contribution in [0.25, 0.3) is 0 Å². The number of anilines is 1. The lowest BCUT2D eigenvalue weighted by Gasteiger charge is -2.12. The number of hydrogen-bond donors (Lipinski definition) is 1. The van der Waals surface area contributed by atoms with Gasteiger partial charge in [-0.2, -0.15) is 5.26 Å². The van der Waals surface area contributed by atoms with Crippen LogP contribution in [0.1, 0.15) is 31.4 Å². The molecule has 1 aromatic rings. The normalized spacial score (nSPS) is 16.2. The summed E-state index contributed by atoms with van der Waals surface area (Å²) in [6.07, 6.45) is 4.84. The van der Waals surface area contributed by atoms with Gasteiger partial charge in [0.25, 0.3) is 0 Å². The van der Waals surface area contributed by atoms with Crippen LogP contribution in [0, 0.1) is 11.3 Å². The van der Waals surface area contributed by atoms with E-state index in [0.717, 1.165) is 12.8 Å². The molecular formula is C11H13N3O. The quantitative estimate of drug-likeness (QED) is 0.796. The number of nitrogen functional groups attached to an aromatic ring is 1. The van der Waals surface area contributed by atoms with Gasteiger partial charge >= 0.3 is 0 Å². The van der Waals surface area contributed by atoms with Gasteiger partial charge in [0, 0.05) is 6.07 Å². The summed E-state index contributed by atoms with van der Waals surface area (Å²) < 4.78 is 5.65. The molecule has 0 amide bonds. The molecule has 78 valence electrons. The maximum atomic E-state index is 8.76. The van der Waals surface area contributed by atoms with Crippen LogP contribution in [0.15, 0.2) is 12.1 Å². The lowest BCUT2D eigenvalue weighted by atomic mass is 10.3. The van der Waals surface area contributed by atoms with Crippen molar-refractivity contribution in [2.45, 2.75) is 31.8 Å². The average Bonchev–Trinajstić information content (AvgIpc) is 2.73. The van der Waals surface area contributed by atoms with Gasteiger partial charge < -0.3 is 10.5 Å². The molecule has 0 atom stereocenters. The standard InChI is InChI=1S/C11H13N3O/c12-7-10-9(13)5-6-11(14-10)15-8-3-1-2-4-8/h5-6,8H,1-4,13H2. The molecule has 2 N–H and O–H groups in total. The van der Waals surface area contributed by atoms with Crippen molar-refractivity contribution in [3.05, 3.63) is 17.8 Å². The zero-order valence-corrected chi connectivity index (χ0v) is 8.44. The third kappa shape index (κ3) is 2.18. The fourth-order valence-corrected chi connectivity index (χ4v) is 1.78. The van der Waals surface area contributed by atoms with Crippen LogP contribution < -0.4 is 10.5 Å². The van der Waals surface area contributed by atoms with Gasteiger partial charge in [0.2, 0.25) is 5.88 Å². The molecule has 1 aromatic heterocycles. The molecule has 0 radical (unpaired) electrons. The van der Waals surface area contributed by atoms with Crippen LogP contribution in [0.5, 0.6) is 5.88 Å². The van der Waals surface area contributed by atoms with E-state index < -0.39 is 0 Å². The zero-order chi connectivity index (χ0) is 10.7. The van der Waals surface area contributed by atoms with Crippen LogP contribution in [0.3, 0.4) is 0 Å². The first-order valence-corrected chi connectivity index (χ1v) is 5.13. The molecule has 0 saturated heterocycles. The Hall–Kier alpha value is -1.76. The fourth-order valence-electron chi connectivity index (χ4n) is 1.78. The molecule has 1 aliphatic carbocycles. The Morgan fingerprint density at radius 2 is 2.13 bits per heavy atom. The predicted molar refractivity (Wildman–Crippen MR) is 56.2 cm³/mol. The number of nitriles is 1.